The second kappa shape index (κ2) is 9.36. The van der Waals surface area contributed by atoms with Gasteiger partial charge in [-0.1, -0.05) is 13.8 Å². The fourth-order valence-electron chi connectivity index (χ4n) is 0.250. The minimum atomic E-state index is 0. The van der Waals surface area contributed by atoms with Crippen LogP contribution in [0.4, 0.5) is 0 Å². The Morgan fingerprint density at radius 2 is 1.50 bits per heavy atom. The van der Waals surface area contributed by atoms with Crippen LogP contribution in [0, 0.1) is 0 Å². The molecule has 0 aromatic carbocycles. The molecule has 0 N–H and O–H groups in total. The molecule has 40 valence electrons. The summed E-state index contributed by atoms with van der Waals surface area (Å²) in [5.74, 6) is 0. The second-order valence-electron chi connectivity index (χ2n) is 0.957. The summed E-state index contributed by atoms with van der Waals surface area (Å²) in [5, 5.41) is 0. The molecule has 2 heteroatoms. The number of hydrogen-bond acceptors (Lipinski definition) is 0. The van der Waals surface area contributed by atoms with E-state index in [1.165, 1.54) is 20.9 Å². The topological polar surface area (TPSA) is 0 Å². The van der Waals surface area contributed by atoms with Crippen LogP contribution in [0.3, 0.4) is 0 Å². The van der Waals surface area contributed by atoms with Crippen molar-refractivity contribution in [2.45, 2.75) is 13.8 Å². The molecule has 0 bridgehead atoms. The van der Waals surface area contributed by atoms with Crippen LogP contribution in [0.15, 0.2) is 0 Å². The van der Waals surface area contributed by atoms with Gasteiger partial charge < -0.3 is 0 Å². The van der Waals surface area contributed by atoms with E-state index in [-0.39, 0.29) is 17.6 Å². The van der Waals surface area contributed by atoms with Crippen LogP contribution < -0.4 is 0 Å². The molecule has 0 unspecified atom stereocenters. The van der Waals surface area contributed by atoms with Crippen molar-refractivity contribution in [3.05, 3.63) is 0 Å². The molecule has 0 amide bonds. The summed E-state index contributed by atoms with van der Waals surface area (Å²) in [6.45, 7) is 4.45. The first-order valence-electron chi connectivity index (χ1n) is 2.12. The third-order valence-corrected chi connectivity index (χ3v) is 1.50. The molecular formula is C4H15GeP. The Morgan fingerprint density at radius 1 is 1.17 bits per heavy atom. The third kappa shape index (κ3) is 8.88. The van der Waals surface area contributed by atoms with Gasteiger partial charge in [0.05, 0.1) is 0 Å². The van der Waals surface area contributed by atoms with Crippen LogP contribution in [-0.2, 0) is 0 Å². The van der Waals surface area contributed by atoms with E-state index in [0.717, 1.165) is 0 Å². The maximum atomic E-state index is 2.22. The van der Waals surface area contributed by atoms with Gasteiger partial charge in [-0.25, -0.2) is 0 Å². The average Bonchev–Trinajstić information content (AvgIpc) is 1.41. The summed E-state index contributed by atoms with van der Waals surface area (Å²) in [6.07, 6.45) is 2.74. The molecule has 0 fully saturated rings. The fourth-order valence-corrected chi connectivity index (χ4v) is 0.750. The molecule has 0 aromatic heterocycles. The molecule has 0 radical (unpaired) electrons. The van der Waals surface area contributed by atoms with Crippen LogP contribution in [-0.4, -0.2) is 29.9 Å². The molecule has 0 rings (SSSR count). The van der Waals surface area contributed by atoms with Crippen LogP contribution in [0.5, 0.6) is 0 Å². The van der Waals surface area contributed by atoms with Gasteiger partial charge in [0.1, 0.15) is 0 Å². The summed E-state index contributed by atoms with van der Waals surface area (Å²) < 4.78 is 0. The molecular weight excluding hydrogens is 152 g/mol. The molecule has 0 aliphatic rings. The van der Waals surface area contributed by atoms with Crippen LogP contribution in [0.25, 0.3) is 0 Å². The molecule has 0 saturated heterocycles. The predicted octanol–water partition coefficient (Wildman–Crippen LogP) is 0.253. The summed E-state index contributed by atoms with van der Waals surface area (Å²) in [6, 6.07) is 0. The van der Waals surface area contributed by atoms with Gasteiger partial charge in [0.15, 0.2) is 0 Å². The van der Waals surface area contributed by atoms with E-state index in [0.29, 0.717) is 0 Å². The van der Waals surface area contributed by atoms with E-state index in [9.17, 15) is 0 Å². The molecule has 0 atom stereocenters. The average molecular weight is 167 g/mol. The Morgan fingerprint density at radius 3 is 1.50 bits per heavy atom. The normalized spacial score (nSPS) is 7.00. The zero-order valence-electron chi connectivity index (χ0n) is 3.91. The quantitative estimate of drug-likeness (QED) is 0.408. The van der Waals surface area contributed by atoms with Crippen molar-refractivity contribution in [2.24, 2.45) is 0 Å². The van der Waals surface area contributed by atoms with Crippen molar-refractivity contribution < 1.29 is 0 Å². The summed E-state index contributed by atoms with van der Waals surface area (Å²) >= 11 is 0. The molecule has 0 heterocycles. The molecule has 0 aliphatic heterocycles. The van der Waals surface area contributed by atoms with Crippen molar-refractivity contribution in [3.63, 3.8) is 0 Å². The van der Waals surface area contributed by atoms with Crippen molar-refractivity contribution in [3.8, 4) is 0 Å². The second-order valence-corrected chi connectivity index (χ2v) is 2.87. The van der Waals surface area contributed by atoms with E-state index in [1.807, 2.05) is 0 Å². The van der Waals surface area contributed by atoms with E-state index in [2.05, 4.69) is 13.8 Å². The van der Waals surface area contributed by atoms with E-state index in [4.69, 9.17) is 0 Å². The third-order valence-electron chi connectivity index (χ3n) is 0.500. The first kappa shape index (κ1) is 10.1. The molecule has 6 heavy (non-hydrogen) atoms. The Balaban J connectivity index is 0. The summed E-state index contributed by atoms with van der Waals surface area (Å²) in [7, 11) is 1.20. The van der Waals surface area contributed by atoms with E-state index < -0.39 is 0 Å². The zero-order chi connectivity index (χ0) is 4.12. The minimum absolute atomic E-state index is 0. The molecule has 0 aromatic rings. The Bertz CT molecular complexity index is 15.0. The standard InChI is InChI=1S/C4H11P.GeH4/c1-3-5-4-2;/h5H,3-4H2,1-2H3;1H4. The van der Waals surface area contributed by atoms with Gasteiger partial charge in [-0.15, -0.1) is 8.58 Å². The number of rotatable bonds is 2. The van der Waals surface area contributed by atoms with Gasteiger partial charge in [-0.05, 0) is 12.3 Å². The molecule has 0 nitrogen and oxygen atoms in total. The molecule has 0 spiro atoms. The Kier molecular flexibility index (Phi) is 15.7. The molecule has 0 saturated carbocycles. The van der Waals surface area contributed by atoms with Crippen molar-refractivity contribution in [2.75, 3.05) is 12.3 Å². The fraction of sp³-hybridized carbons (Fsp3) is 1.00. The van der Waals surface area contributed by atoms with Gasteiger partial charge in [-0.2, -0.15) is 0 Å². The Labute approximate surface area is 52.8 Å². The van der Waals surface area contributed by atoms with Gasteiger partial charge in [0, 0.05) is 0 Å². The summed E-state index contributed by atoms with van der Waals surface area (Å²) in [4.78, 5) is 0. The van der Waals surface area contributed by atoms with E-state index in [1.54, 1.807) is 0 Å². The van der Waals surface area contributed by atoms with Gasteiger partial charge >= 0.3 is 17.6 Å². The monoisotopic (exact) mass is 168 g/mol. The van der Waals surface area contributed by atoms with Crippen LogP contribution in [0.1, 0.15) is 13.8 Å². The first-order chi connectivity index (χ1) is 2.41. The van der Waals surface area contributed by atoms with Crippen LogP contribution in [0.2, 0.25) is 0 Å². The number of hydrogen-bond donors (Lipinski definition) is 0. The van der Waals surface area contributed by atoms with Crippen molar-refractivity contribution >= 4 is 26.2 Å². The van der Waals surface area contributed by atoms with Gasteiger partial charge in [-0.3, -0.25) is 0 Å². The van der Waals surface area contributed by atoms with Crippen LogP contribution >= 0.6 is 8.58 Å². The zero-order valence-corrected chi connectivity index (χ0v) is 4.91. The van der Waals surface area contributed by atoms with Crippen molar-refractivity contribution in [1.29, 1.82) is 0 Å². The van der Waals surface area contributed by atoms with E-state index >= 15 is 0 Å². The maximum absolute atomic E-state index is 2.22. The molecule has 0 aliphatic carbocycles. The predicted molar refractivity (Wildman–Crippen MR) is 40.7 cm³/mol. The van der Waals surface area contributed by atoms with Gasteiger partial charge in [0.25, 0.3) is 0 Å². The SMILES string of the molecule is CCPCC.[GeH4]. The first-order valence-corrected chi connectivity index (χ1v) is 3.54. The van der Waals surface area contributed by atoms with Crippen molar-refractivity contribution in [1.82, 2.24) is 0 Å². The van der Waals surface area contributed by atoms with Gasteiger partial charge in [0.2, 0.25) is 0 Å². The Hall–Kier alpha value is 0.973. The summed E-state index contributed by atoms with van der Waals surface area (Å²) in [5.41, 5.74) is 0.